The number of aromatic amines is 1. The SMILES string of the molecule is CC(C)(C)c1[nH]n(CCC2CCCO2)c(=O)c1CCC#N. The second kappa shape index (κ2) is 6.48. The second-order valence-corrected chi connectivity index (χ2v) is 6.75. The Hall–Kier alpha value is -1.54. The van der Waals surface area contributed by atoms with Gasteiger partial charge in [0.2, 0.25) is 0 Å². The van der Waals surface area contributed by atoms with Gasteiger partial charge in [-0.2, -0.15) is 5.26 Å². The minimum atomic E-state index is -0.126. The average Bonchev–Trinajstić information content (AvgIpc) is 3.02. The zero-order valence-corrected chi connectivity index (χ0v) is 13.2. The Kier molecular flexibility index (Phi) is 4.89. The molecule has 2 heterocycles. The van der Waals surface area contributed by atoms with Gasteiger partial charge in [-0.05, 0) is 25.7 Å². The molecule has 0 radical (unpaired) electrons. The molecule has 1 saturated heterocycles. The highest BCUT2D eigenvalue weighted by atomic mass is 16.5. The summed E-state index contributed by atoms with van der Waals surface area (Å²) >= 11 is 0. The molecule has 0 spiro atoms. The van der Waals surface area contributed by atoms with E-state index in [-0.39, 0.29) is 17.1 Å². The van der Waals surface area contributed by atoms with Gasteiger partial charge in [0.25, 0.3) is 5.56 Å². The van der Waals surface area contributed by atoms with Crippen molar-refractivity contribution in [3.63, 3.8) is 0 Å². The summed E-state index contributed by atoms with van der Waals surface area (Å²) < 4.78 is 7.30. The van der Waals surface area contributed by atoms with Crippen LogP contribution in [0.15, 0.2) is 4.79 Å². The number of hydrogen-bond donors (Lipinski definition) is 1. The van der Waals surface area contributed by atoms with Crippen LogP contribution in [0.5, 0.6) is 0 Å². The van der Waals surface area contributed by atoms with Gasteiger partial charge in [-0.25, -0.2) is 0 Å². The number of nitriles is 1. The summed E-state index contributed by atoms with van der Waals surface area (Å²) in [4.78, 5) is 12.5. The number of rotatable bonds is 5. The van der Waals surface area contributed by atoms with Crippen molar-refractivity contribution in [1.29, 1.82) is 5.26 Å². The summed E-state index contributed by atoms with van der Waals surface area (Å²) in [6, 6.07) is 2.13. The van der Waals surface area contributed by atoms with E-state index in [4.69, 9.17) is 10.00 Å². The van der Waals surface area contributed by atoms with E-state index in [1.807, 2.05) is 0 Å². The largest absolute Gasteiger partial charge is 0.378 e. The monoisotopic (exact) mass is 291 g/mol. The summed E-state index contributed by atoms with van der Waals surface area (Å²) in [6.07, 6.45) is 4.24. The van der Waals surface area contributed by atoms with Gasteiger partial charge in [0.1, 0.15) is 0 Å². The molecule has 1 atom stereocenters. The first-order valence-electron chi connectivity index (χ1n) is 7.74. The van der Waals surface area contributed by atoms with Crippen LogP contribution in [0.4, 0.5) is 0 Å². The highest BCUT2D eigenvalue weighted by Gasteiger charge is 2.24. The van der Waals surface area contributed by atoms with Crippen molar-refractivity contribution in [2.24, 2.45) is 0 Å². The average molecular weight is 291 g/mol. The maximum absolute atomic E-state index is 12.5. The van der Waals surface area contributed by atoms with Crippen molar-refractivity contribution in [2.45, 2.75) is 70.9 Å². The molecule has 0 aromatic carbocycles. The zero-order valence-electron chi connectivity index (χ0n) is 13.2. The third kappa shape index (κ3) is 3.76. The molecule has 5 heteroatoms. The minimum Gasteiger partial charge on any atom is -0.378 e. The summed E-state index contributed by atoms with van der Waals surface area (Å²) in [5.74, 6) is 0. The fourth-order valence-corrected chi connectivity index (χ4v) is 2.86. The Labute approximate surface area is 125 Å². The van der Waals surface area contributed by atoms with E-state index >= 15 is 0 Å². The van der Waals surface area contributed by atoms with Crippen molar-refractivity contribution in [3.05, 3.63) is 21.6 Å². The topological polar surface area (TPSA) is 70.8 Å². The normalized spacial score (nSPS) is 18.9. The van der Waals surface area contributed by atoms with E-state index < -0.39 is 0 Å². The number of ether oxygens (including phenoxy) is 1. The predicted octanol–water partition coefficient (Wildman–Crippen LogP) is 2.50. The van der Waals surface area contributed by atoms with Crippen molar-refractivity contribution in [1.82, 2.24) is 9.78 Å². The zero-order chi connectivity index (χ0) is 15.5. The number of hydrogen-bond acceptors (Lipinski definition) is 3. The number of H-pyrrole nitrogens is 1. The van der Waals surface area contributed by atoms with Gasteiger partial charge >= 0.3 is 0 Å². The lowest BCUT2D eigenvalue weighted by Gasteiger charge is -2.18. The smallest absolute Gasteiger partial charge is 0.269 e. The molecule has 0 bridgehead atoms. The van der Waals surface area contributed by atoms with Crippen LogP contribution in [0.3, 0.4) is 0 Å². The molecule has 1 aromatic heterocycles. The molecule has 1 N–H and O–H groups in total. The van der Waals surface area contributed by atoms with Gasteiger partial charge in [-0.1, -0.05) is 20.8 Å². The molecule has 21 heavy (non-hydrogen) atoms. The molecule has 5 nitrogen and oxygen atoms in total. The van der Waals surface area contributed by atoms with Gasteiger partial charge < -0.3 is 4.74 Å². The van der Waals surface area contributed by atoms with Crippen molar-refractivity contribution < 1.29 is 4.74 Å². The van der Waals surface area contributed by atoms with Crippen LogP contribution in [0.25, 0.3) is 0 Å². The molecule has 0 aliphatic carbocycles. The van der Waals surface area contributed by atoms with Crippen molar-refractivity contribution >= 4 is 0 Å². The molecule has 1 fully saturated rings. The summed E-state index contributed by atoms with van der Waals surface area (Å²) in [6.45, 7) is 7.74. The number of aromatic nitrogens is 2. The fraction of sp³-hybridized carbons (Fsp3) is 0.750. The van der Waals surface area contributed by atoms with E-state index in [0.29, 0.717) is 19.4 Å². The first-order valence-corrected chi connectivity index (χ1v) is 7.74. The minimum absolute atomic E-state index is 0.0215. The van der Waals surface area contributed by atoms with Crippen LogP contribution in [0, 0.1) is 11.3 Å². The van der Waals surface area contributed by atoms with E-state index in [0.717, 1.165) is 37.1 Å². The molecule has 1 aliphatic heterocycles. The highest BCUT2D eigenvalue weighted by Crippen LogP contribution is 2.23. The standard InChI is InChI=1S/C16H25N3O2/c1-16(2,3)14-13(7-4-9-17)15(20)19(18-14)10-8-12-6-5-11-21-12/h12,18H,4-8,10-11H2,1-3H3. The summed E-state index contributed by atoms with van der Waals surface area (Å²) in [5.41, 5.74) is 1.61. The van der Waals surface area contributed by atoms with Crippen LogP contribution in [0.1, 0.15) is 57.7 Å². The Balaban J connectivity index is 2.19. The third-order valence-corrected chi connectivity index (χ3v) is 3.99. The van der Waals surface area contributed by atoms with E-state index in [1.165, 1.54) is 0 Å². The number of nitrogens with one attached hydrogen (secondary N) is 1. The van der Waals surface area contributed by atoms with Crippen molar-refractivity contribution in [3.8, 4) is 6.07 Å². The lowest BCUT2D eigenvalue weighted by atomic mass is 9.88. The molecular formula is C16H25N3O2. The lowest BCUT2D eigenvalue weighted by Crippen LogP contribution is -2.22. The van der Waals surface area contributed by atoms with E-state index in [2.05, 4.69) is 31.9 Å². The first-order chi connectivity index (χ1) is 9.93. The molecule has 116 valence electrons. The van der Waals surface area contributed by atoms with Crippen molar-refractivity contribution in [2.75, 3.05) is 6.61 Å². The molecule has 0 saturated carbocycles. The quantitative estimate of drug-likeness (QED) is 0.906. The lowest BCUT2D eigenvalue weighted by molar-refractivity contribution is 0.0991. The van der Waals surface area contributed by atoms with Crippen LogP contribution in [-0.2, 0) is 23.1 Å². The Bertz CT molecular complexity index is 566. The van der Waals surface area contributed by atoms with Gasteiger partial charge in [-0.15, -0.1) is 0 Å². The third-order valence-electron chi connectivity index (χ3n) is 3.99. The maximum atomic E-state index is 12.5. The van der Waals surface area contributed by atoms with Crippen LogP contribution in [-0.4, -0.2) is 22.5 Å². The molecule has 0 amide bonds. The predicted molar refractivity (Wildman–Crippen MR) is 81.3 cm³/mol. The number of nitrogens with zero attached hydrogens (tertiary/aromatic N) is 2. The van der Waals surface area contributed by atoms with Crippen LogP contribution < -0.4 is 5.56 Å². The molecular weight excluding hydrogens is 266 g/mol. The van der Waals surface area contributed by atoms with Crippen LogP contribution in [0.2, 0.25) is 0 Å². The molecule has 2 rings (SSSR count). The van der Waals surface area contributed by atoms with Gasteiger partial charge in [-0.3, -0.25) is 14.6 Å². The summed E-state index contributed by atoms with van der Waals surface area (Å²) in [7, 11) is 0. The van der Waals surface area contributed by atoms with E-state index in [9.17, 15) is 4.79 Å². The van der Waals surface area contributed by atoms with Gasteiger partial charge in [0, 0.05) is 36.2 Å². The van der Waals surface area contributed by atoms with Crippen LogP contribution >= 0.6 is 0 Å². The molecule has 1 aromatic rings. The van der Waals surface area contributed by atoms with Gasteiger partial charge in [0.05, 0.1) is 12.2 Å². The highest BCUT2D eigenvalue weighted by molar-refractivity contribution is 5.25. The number of aryl methyl sites for hydroxylation is 1. The van der Waals surface area contributed by atoms with Gasteiger partial charge in [0.15, 0.2) is 0 Å². The second-order valence-electron chi connectivity index (χ2n) is 6.75. The fourth-order valence-electron chi connectivity index (χ4n) is 2.86. The maximum Gasteiger partial charge on any atom is 0.269 e. The first kappa shape index (κ1) is 15.8. The van der Waals surface area contributed by atoms with E-state index in [1.54, 1.807) is 4.68 Å². The Morgan fingerprint density at radius 1 is 1.48 bits per heavy atom. The Morgan fingerprint density at radius 3 is 2.81 bits per heavy atom. The summed E-state index contributed by atoms with van der Waals surface area (Å²) in [5, 5.41) is 12.0. The molecule has 1 aliphatic rings. The molecule has 1 unspecified atom stereocenters. The Morgan fingerprint density at radius 2 is 2.24 bits per heavy atom.